The van der Waals surface area contributed by atoms with Crippen molar-refractivity contribution in [3.05, 3.63) is 28.6 Å². The number of halogens is 1. The van der Waals surface area contributed by atoms with Crippen LogP contribution in [0.4, 0.5) is 0 Å². The van der Waals surface area contributed by atoms with Gasteiger partial charge in [0, 0.05) is 33.6 Å². The van der Waals surface area contributed by atoms with Gasteiger partial charge < -0.3 is 5.32 Å². The lowest BCUT2D eigenvalue weighted by Crippen LogP contribution is -2.31. The smallest absolute Gasteiger partial charge is 0.242 e. The van der Waals surface area contributed by atoms with Crippen LogP contribution in [0.25, 0.3) is 10.1 Å². The van der Waals surface area contributed by atoms with E-state index >= 15 is 0 Å². The predicted octanol–water partition coefficient (Wildman–Crippen LogP) is 2.44. The lowest BCUT2D eigenvalue weighted by molar-refractivity contribution is 0.578. The highest BCUT2D eigenvalue weighted by atomic mass is 35.5. The monoisotopic (exact) mass is 318 g/mol. The van der Waals surface area contributed by atoms with Crippen LogP contribution in [0.1, 0.15) is 6.92 Å². The predicted molar refractivity (Wildman–Crippen MR) is 80.6 cm³/mol. The van der Waals surface area contributed by atoms with Crippen LogP contribution >= 0.6 is 22.9 Å². The molecule has 0 aliphatic carbocycles. The number of thiophene rings is 1. The summed E-state index contributed by atoms with van der Waals surface area (Å²) in [6.45, 7) is 3.77. The summed E-state index contributed by atoms with van der Waals surface area (Å²) in [5, 5.41) is 5.93. The summed E-state index contributed by atoms with van der Waals surface area (Å²) in [6.07, 6.45) is 0. The number of nitrogens with one attached hydrogen (secondary N) is 2. The molecule has 0 bridgehead atoms. The van der Waals surface area contributed by atoms with Crippen molar-refractivity contribution < 1.29 is 8.42 Å². The van der Waals surface area contributed by atoms with Gasteiger partial charge in [0.15, 0.2) is 0 Å². The van der Waals surface area contributed by atoms with Crippen LogP contribution in [0.3, 0.4) is 0 Å². The van der Waals surface area contributed by atoms with Gasteiger partial charge in [0.2, 0.25) is 10.0 Å². The molecule has 104 valence electrons. The molecular weight excluding hydrogens is 304 g/mol. The first-order chi connectivity index (χ1) is 9.04. The van der Waals surface area contributed by atoms with Crippen LogP contribution in [0, 0.1) is 0 Å². The maximum absolute atomic E-state index is 12.2. The number of benzene rings is 1. The fraction of sp³-hybridized carbons (Fsp3) is 0.333. The standard InChI is InChI=1S/C12H15ClN2O2S2/c1-2-14-5-6-15-19(16,17)12-8-18-11-4-3-9(13)7-10(11)12/h3-4,7-8,14-15H,2,5-6H2,1H3. The van der Waals surface area contributed by atoms with E-state index in [0.29, 0.717) is 28.4 Å². The van der Waals surface area contributed by atoms with E-state index in [9.17, 15) is 8.42 Å². The zero-order valence-electron chi connectivity index (χ0n) is 10.4. The van der Waals surface area contributed by atoms with E-state index in [1.165, 1.54) is 11.3 Å². The van der Waals surface area contributed by atoms with Gasteiger partial charge in [-0.3, -0.25) is 0 Å². The number of hydrogen-bond donors (Lipinski definition) is 2. The lowest BCUT2D eigenvalue weighted by atomic mass is 10.3. The minimum atomic E-state index is -3.48. The molecule has 0 unspecified atom stereocenters. The van der Waals surface area contributed by atoms with Crippen LogP contribution in [0.2, 0.25) is 5.02 Å². The Morgan fingerprint density at radius 1 is 1.32 bits per heavy atom. The highest BCUT2D eigenvalue weighted by Gasteiger charge is 2.18. The Morgan fingerprint density at radius 2 is 2.11 bits per heavy atom. The normalized spacial score (nSPS) is 12.1. The third-order valence-corrected chi connectivity index (χ3v) is 5.48. The van der Waals surface area contributed by atoms with Crippen LogP contribution in [0.15, 0.2) is 28.5 Å². The second-order valence-corrected chi connectivity index (χ2v) is 7.07. The Morgan fingerprint density at radius 3 is 2.84 bits per heavy atom. The zero-order valence-corrected chi connectivity index (χ0v) is 12.8. The van der Waals surface area contributed by atoms with Gasteiger partial charge in [-0.25, -0.2) is 13.1 Å². The molecule has 7 heteroatoms. The van der Waals surface area contributed by atoms with Gasteiger partial charge in [-0.15, -0.1) is 11.3 Å². The molecule has 0 fully saturated rings. The summed E-state index contributed by atoms with van der Waals surface area (Å²) in [6, 6.07) is 5.28. The van der Waals surface area contributed by atoms with Crippen molar-refractivity contribution in [1.82, 2.24) is 10.0 Å². The van der Waals surface area contributed by atoms with Crippen molar-refractivity contribution in [3.63, 3.8) is 0 Å². The van der Waals surface area contributed by atoms with Crippen molar-refractivity contribution in [3.8, 4) is 0 Å². The molecule has 0 saturated carbocycles. The molecule has 4 nitrogen and oxygen atoms in total. The molecule has 1 aromatic carbocycles. The Kier molecular flexibility index (Phi) is 4.81. The first kappa shape index (κ1) is 14.7. The number of fused-ring (bicyclic) bond motifs is 1. The second kappa shape index (κ2) is 6.19. The Balaban J connectivity index is 2.25. The van der Waals surface area contributed by atoms with Gasteiger partial charge >= 0.3 is 0 Å². The summed E-state index contributed by atoms with van der Waals surface area (Å²) in [5.74, 6) is 0. The largest absolute Gasteiger partial charge is 0.316 e. The molecule has 2 N–H and O–H groups in total. The molecule has 0 aliphatic rings. The van der Waals surface area contributed by atoms with Crippen LogP contribution in [0.5, 0.6) is 0 Å². The fourth-order valence-electron chi connectivity index (χ4n) is 1.71. The van der Waals surface area contributed by atoms with E-state index in [4.69, 9.17) is 11.6 Å². The fourth-order valence-corrected chi connectivity index (χ4v) is 4.39. The van der Waals surface area contributed by atoms with Crippen molar-refractivity contribution in [2.45, 2.75) is 11.8 Å². The quantitative estimate of drug-likeness (QED) is 0.804. The average Bonchev–Trinajstić information content (AvgIpc) is 2.78. The van der Waals surface area contributed by atoms with Gasteiger partial charge in [-0.1, -0.05) is 18.5 Å². The van der Waals surface area contributed by atoms with Crippen LogP contribution < -0.4 is 10.0 Å². The van der Waals surface area contributed by atoms with Gasteiger partial charge in [-0.05, 0) is 24.7 Å². The highest BCUT2D eigenvalue weighted by Crippen LogP contribution is 2.31. The molecule has 2 rings (SSSR count). The Bertz CT molecular complexity index is 667. The molecule has 0 spiro atoms. The van der Waals surface area contributed by atoms with Gasteiger partial charge in [-0.2, -0.15) is 0 Å². The van der Waals surface area contributed by atoms with E-state index < -0.39 is 10.0 Å². The van der Waals surface area contributed by atoms with Crippen molar-refractivity contribution in [2.24, 2.45) is 0 Å². The van der Waals surface area contributed by atoms with Gasteiger partial charge in [0.1, 0.15) is 4.90 Å². The third-order valence-electron chi connectivity index (χ3n) is 2.63. The van der Waals surface area contributed by atoms with Gasteiger partial charge in [0.05, 0.1) is 0 Å². The van der Waals surface area contributed by atoms with E-state index in [0.717, 1.165) is 11.2 Å². The SMILES string of the molecule is CCNCCNS(=O)(=O)c1csc2ccc(Cl)cc12. The summed E-state index contributed by atoms with van der Waals surface area (Å²) >= 11 is 7.32. The maximum atomic E-state index is 12.2. The van der Waals surface area contributed by atoms with Crippen LogP contribution in [-0.4, -0.2) is 28.1 Å². The van der Waals surface area contributed by atoms with Gasteiger partial charge in [0.25, 0.3) is 0 Å². The lowest BCUT2D eigenvalue weighted by Gasteiger charge is -2.06. The number of rotatable bonds is 6. The average molecular weight is 319 g/mol. The van der Waals surface area contributed by atoms with E-state index in [-0.39, 0.29) is 0 Å². The molecule has 0 saturated heterocycles. The van der Waals surface area contributed by atoms with E-state index in [1.807, 2.05) is 13.0 Å². The maximum Gasteiger partial charge on any atom is 0.242 e. The molecule has 1 aromatic heterocycles. The van der Waals surface area contributed by atoms with Crippen molar-refractivity contribution >= 4 is 43.0 Å². The van der Waals surface area contributed by atoms with E-state index in [1.54, 1.807) is 17.5 Å². The summed E-state index contributed by atoms with van der Waals surface area (Å²) in [5.41, 5.74) is 0. The highest BCUT2D eigenvalue weighted by molar-refractivity contribution is 7.90. The summed E-state index contributed by atoms with van der Waals surface area (Å²) < 4.78 is 27.9. The summed E-state index contributed by atoms with van der Waals surface area (Å²) in [7, 11) is -3.48. The molecule has 0 amide bonds. The first-order valence-electron chi connectivity index (χ1n) is 5.91. The second-order valence-electron chi connectivity index (χ2n) is 3.99. The third kappa shape index (κ3) is 3.46. The number of likely N-dealkylation sites (N-methyl/N-ethyl adjacent to an activating group) is 1. The molecule has 1 heterocycles. The van der Waals surface area contributed by atoms with Crippen LogP contribution in [-0.2, 0) is 10.0 Å². The Labute approximate surface area is 121 Å². The minimum absolute atomic E-state index is 0.298. The molecule has 0 radical (unpaired) electrons. The molecule has 0 atom stereocenters. The Hall–Kier alpha value is -0.660. The topological polar surface area (TPSA) is 58.2 Å². The molecule has 2 aromatic rings. The molecular formula is C12H15ClN2O2S2. The number of hydrogen-bond acceptors (Lipinski definition) is 4. The molecule has 19 heavy (non-hydrogen) atoms. The first-order valence-corrected chi connectivity index (χ1v) is 8.66. The molecule has 0 aliphatic heterocycles. The summed E-state index contributed by atoms with van der Waals surface area (Å²) in [4.78, 5) is 0.298. The zero-order chi connectivity index (χ0) is 13.9. The van der Waals surface area contributed by atoms with Crippen molar-refractivity contribution in [2.75, 3.05) is 19.6 Å². The minimum Gasteiger partial charge on any atom is -0.316 e. The van der Waals surface area contributed by atoms with E-state index in [2.05, 4.69) is 10.0 Å². The number of sulfonamides is 1. The van der Waals surface area contributed by atoms with Crippen molar-refractivity contribution in [1.29, 1.82) is 0 Å².